The number of hydrogen-bond donors (Lipinski definition) is 1. The van der Waals surface area contributed by atoms with E-state index in [0.29, 0.717) is 5.56 Å². The molecule has 0 unspecified atom stereocenters. The van der Waals surface area contributed by atoms with Crippen LogP contribution in [0.5, 0.6) is 0 Å². The van der Waals surface area contributed by atoms with Gasteiger partial charge < -0.3 is 5.32 Å². The van der Waals surface area contributed by atoms with Gasteiger partial charge in [-0.15, -0.1) is 11.3 Å². The zero-order chi connectivity index (χ0) is 18.8. The van der Waals surface area contributed by atoms with Crippen LogP contribution in [0.25, 0.3) is 0 Å². The first-order valence-electron chi connectivity index (χ1n) is 7.36. The lowest BCUT2D eigenvalue weighted by Gasteiger charge is -2.19. The fraction of sp³-hybridized carbons (Fsp3) is 0.294. The summed E-state index contributed by atoms with van der Waals surface area (Å²) in [5, 5.41) is 3.85. The molecule has 5 nitrogen and oxygen atoms in total. The fourth-order valence-electron chi connectivity index (χ4n) is 1.93. The number of nitrogens with one attached hydrogen (secondary N) is 1. The summed E-state index contributed by atoms with van der Waals surface area (Å²) in [5.41, 5.74) is 0.0601. The van der Waals surface area contributed by atoms with Crippen LogP contribution in [0.3, 0.4) is 0 Å². The van der Waals surface area contributed by atoms with E-state index < -0.39 is 23.0 Å². The molecule has 0 spiro atoms. The van der Waals surface area contributed by atoms with Crippen molar-refractivity contribution in [2.45, 2.75) is 32.7 Å². The van der Waals surface area contributed by atoms with Gasteiger partial charge in [-0.2, -0.15) is 0 Å². The fourth-order valence-corrected chi connectivity index (χ4v) is 2.89. The summed E-state index contributed by atoms with van der Waals surface area (Å²) in [4.78, 5) is 40.1. The second-order valence-corrected chi connectivity index (χ2v) is 7.68. The van der Waals surface area contributed by atoms with Gasteiger partial charge in [-0.25, -0.2) is 9.37 Å². The smallest absolute Gasteiger partial charge is 0.295 e. The number of nitrogens with zero attached hydrogens (tertiary/aromatic N) is 1. The van der Waals surface area contributed by atoms with Crippen molar-refractivity contribution in [1.29, 1.82) is 0 Å². The number of Topliss-reactive ketones (excluding diaryl/α,β-unsaturated/α-hetero) is 2. The van der Waals surface area contributed by atoms with E-state index in [1.807, 2.05) is 0 Å². The normalized spacial score (nSPS) is 11.2. The first kappa shape index (κ1) is 19.2. The Labute approximate surface area is 153 Å². The summed E-state index contributed by atoms with van der Waals surface area (Å²) >= 11 is 6.62. The van der Waals surface area contributed by atoms with Crippen molar-refractivity contribution >= 4 is 40.4 Å². The van der Waals surface area contributed by atoms with Crippen molar-refractivity contribution in [2.75, 3.05) is 0 Å². The Morgan fingerprint density at radius 3 is 2.56 bits per heavy atom. The monoisotopic (exact) mass is 382 g/mol. The van der Waals surface area contributed by atoms with Crippen molar-refractivity contribution in [1.82, 2.24) is 10.3 Å². The molecular formula is C17H16ClFN2O3S. The molecule has 2 rings (SSSR count). The summed E-state index contributed by atoms with van der Waals surface area (Å²) in [5.74, 6) is -2.48. The Kier molecular flexibility index (Phi) is 5.69. The van der Waals surface area contributed by atoms with Crippen LogP contribution in [0.2, 0.25) is 5.02 Å². The Balaban J connectivity index is 2.09. The van der Waals surface area contributed by atoms with Crippen LogP contribution in [0.15, 0.2) is 23.6 Å². The lowest BCUT2D eigenvalue weighted by molar-refractivity contribution is -0.118. The molecule has 0 saturated heterocycles. The highest BCUT2D eigenvalue weighted by molar-refractivity contribution is 7.12. The summed E-state index contributed by atoms with van der Waals surface area (Å²) in [7, 11) is 0. The molecule has 0 aliphatic carbocycles. The van der Waals surface area contributed by atoms with E-state index in [9.17, 15) is 18.8 Å². The average molecular weight is 383 g/mol. The number of aromatic nitrogens is 1. The topological polar surface area (TPSA) is 76.1 Å². The SMILES string of the molecule is CC(C)(C)NC(=O)C(=O)c1nc(C(=O)Cc2ccc(F)c(Cl)c2)cs1. The minimum absolute atomic E-state index is 0.0362. The van der Waals surface area contributed by atoms with Gasteiger partial charge in [-0.1, -0.05) is 17.7 Å². The zero-order valence-corrected chi connectivity index (χ0v) is 15.4. The number of hydrogen-bond acceptors (Lipinski definition) is 5. The maximum atomic E-state index is 13.1. The van der Waals surface area contributed by atoms with E-state index in [1.54, 1.807) is 20.8 Å². The molecule has 132 valence electrons. The molecule has 0 aliphatic heterocycles. The van der Waals surface area contributed by atoms with Gasteiger partial charge in [0.1, 0.15) is 11.5 Å². The van der Waals surface area contributed by atoms with Crippen molar-refractivity contribution in [3.63, 3.8) is 0 Å². The van der Waals surface area contributed by atoms with Crippen LogP contribution >= 0.6 is 22.9 Å². The lowest BCUT2D eigenvalue weighted by Crippen LogP contribution is -2.44. The van der Waals surface area contributed by atoms with Gasteiger partial charge in [0.2, 0.25) is 0 Å². The van der Waals surface area contributed by atoms with Crippen molar-refractivity contribution in [3.05, 3.63) is 50.7 Å². The summed E-state index contributed by atoms with van der Waals surface area (Å²) in [6, 6.07) is 4.00. The van der Waals surface area contributed by atoms with Crippen LogP contribution < -0.4 is 5.32 Å². The molecule has 1 amide bonds. The van der Waals surface area contributed by atoms with E-state index in [-0.39, 0.29) is 27.9 Å². The first-order chi connectivity index (χ1) is 11.6. The van der Waals surface area contributed by atoms with Gasteiger partial charge in [0.25, 0.3) is 11.7 Å². The second kappa shape index (κ2) is 7.41. The number of benzene rings is 1. The molecule has 1 aromatic carbocycles. The van der Waals surface area contributed by atoms with Gasteiger partial charge >= 0.3 is 0 Å². The zero-order valence-electron chi connectivity index (χ0n) is 13.9. The average Bonchev–Trinajstić information content (AvgIpc) is 2.98. The lowest BCUT2D eigenvalue weighted by atomic mass is 10.1. The molecule has 0 bridgehead atoms. The maximum absolute atomic E-state index is 13.1. The van der Waals surface area contributed by atoms with Crippen molar-refractivity contribution in [3.8, 4) is 0 Å². The highest BCUT2D eigenvalue weighted by Crippen LogP contribution is 2.18. The van der Waals surface area contributed by atoms with E-state index in [0.717, 1.165) is 11.3 Å². The van der Waals surface area contributed by atoms with E-state index in [2.05, 4.69) is 10.3 Å². The minimum Gasteiger partial charge on any atom is -0.345 e. The quantitative estimate of drug-likeness (QED) is 0.634. The van der Waals surface area contributed by atoms with Crippen LogP contribution in [0.4, 0.5) is 4.39 Å². The molecule has 0 fully saturated rings. The predicted molar refractivity (Wildman–Crippen MR) is 93.8 cm³/mol. The third kappa shape index (κ3) is 5.17. The number of amides is 1. The Morgan fingerprint density at radius 2 is 1.96 bits per heavy atom. The molecule has 0 saturated carbocycles. The summed E-state index contributed by atoms with van der Waals surface area (Å²) in [6.45, 7) is 5.26. The van der Waals surface area contributed by atoms with E-state index in [1.165, 1.54) is 23.6 Å². The molecule has 0 atom stereocenters. The molecule has 0 radical (unpaired) electrons. The van der Waals surface area contributed by atoms with Crippen molar-refractivity contribution < 1.29 is 18.8 Å². The van der Waals surface area contributed by atoms with Crippen LogP contribution in [-0.2, 0) is 11.2 Å². The second-order valence-electron chi connectivity index (χ2n) is 6.42. The molecule has 0 aliphatic rings. The maximum Gasteiger partial charge on any atom is 0.295 e. The van der Waals surface area contributed by atoms with E-state index >= 15 is 0 Å². The Morgan fingerprint density at radius 1 is 1.28 bits per heavy atom. The number of halogens is 2. The number of rotatable bonds is 5. The highest BCUT2D eigenvalue weighted by atomic mass is 35.5. The van der Waals surface area contributed by atoms with Gasteiger partial charge in [-0.05, 0) is 38.5 Å². The van der Waals surface area contributed by atoms with Crippen molar-refractivity contribution in [2.24, 2.45) is 0 Å². The molecular weight excluding hydrogens is 367 g/mol. The molecule has 1 heterocycles. The first-order valence-corrected chi connectivity index (χ1v) is 8.62. The van der Waals surface area contributed by atoms with E-state index in [4.69, 9.17) is 11.6 Å². The van der Waals surface area contributed by atoms with Gasteiger partial charge in [0.05, 0.1) is 5.02 Å². The largest absolute Gasteiger partial charge is 0.345 e. The minimum atomic E-state index is -0.788. The van der Waals surface area contributed by atoms with Crippen LogP contribution in [0.1, 0.15) is 46.6 Å². The third-order valence-corrected chi connectivity index (χ3v) is 4.16. The molecule has 1 N–H and O–H groups in total. The third-order valence-electron chi connectivity index (χ3n) is 3.03. The van der Waals surface area contributed by atoms with Gasteiger partial charge in [0.15, 0.2) is 10.8 Å². The number of thiazole rings is 1. The number of ketones is 2. The summed E-state index contributed by atoms with van der Waals surface area (Å²) in [6.07, 6.45) is -0.0362. The molecule has 1 aromatic heterocycles. The molecule has 8 heteroatoms. The number of carbonyl (C=O) groups excluding carboxylic acids is 3. The van der Waals surface area contributed by atoms with Crippen LogP contribution in [0, 0.1) is 5.82 Å². The van der Waals surface area contributed by atoms with Gasteiger partial charge in [-0.3, -0.25) is 14.4 Å². The summed E-state index contributed by atoms with van der Waals surface area (Å²) < 4.78 is 13.1. The standard InChI is InChI=1S/C17H16ClFN2O3S/c1-17(2,3)21-15(24)14(23)16-20-12(8-25-16)13(22)7-9-4-5-11(19)10(18)6-9/h4-6,8H,7H2,1-3H3,(H,21,24). The van der Waals surface area contributed by atoms with Crippen LogP contribution in [-0.4, -0.2) is 28.0 Å². The molecule has 25 heavy (non-hydrogen) atoms. The number of carbonyl (C=O) groups is 3. The highest BCUT2D eigenvalue weighted by Gasteiger charge is 2.25. The Hall–Kier alpha value is -2.12. The predicted octanol–water partition coefficient (Wildman–Crippen LogP) is 3.46. The van der Waals surface area contributed by atoms with Gasteiger partial charge in [0, 0.05) is 17.3 Å². The Bertz CT molecular complexity index is 843. The molecule has 2 aromatic rings.